The molecule has 1 unspecified atom stereocenters. The minimum absolute atomic E-state index is 0.0319. The number of nitriles is 1. The van der Waals surface area contributed by atoms with E-state index in [9.17, 15) is 20.0 Å². The van der Waals surface area contributed by atoms with E-state index in [1.165, 1.54) is 77.0 Å². The Bertz CT molecular complexity index is 1930. The fourth-order valence-corrected chi connectivity index (χ4v) is 9.19. The molecule has 0 saturated heterocycles. The van der Waals surface area contributed by atoms with Gasteiger partial charge in [-0.25, -0.2) is 0 Å². The van der Waals surface area contributed by atoms with Crippen LogP contribution in [0.4, 0.5) is 5.69 Å². The van der Waals surface area contributed by atoms with Gasteiger partial charge in [0.15, 0.2) is 19.7 Å². The van der Waals surface area contributed by atoms with Crippen LogP contribution in [0.5, 0.6) is 0 Å². The van der Waals surface area contributed by atoms with E-state index in [2.05, 4.69) is 49.1 Å². The van der Waals surface area contributed by atoms with Crippen LogP contribution in [0.1, 0.15) is 141 Å². The van der Waals surface area contributed by atoms with Crippen molar-refractivity contribution >= 4 is 45.9 Å². The van der Waals surface area contributed by atoms with Gasteiger partial charge in [-0.1, -0.05) is 145 Å². The molecule has 1 atom stereocenters. The van der Waals surface area contributed by atoms with E-state index in [1.54, 1.807) is 0 Å². The van der Waals surface area contributed by atoms with Crippen LogP contribution < -0.4 is 4.90 Å². The fraction of sp³-hybridized carbons (Fsp3) is 0.542. The molecule has 306 valence electrons. The van der Waals surface area contributed by atoms with Crippen molar-refractivity contribution in [1.82, 2.24) is 0 Å². The van der Waals surface area contributed by atoms with Gasteiger partial charge < -0.3 is 19.8 Å². The van der Waals surface area contributed by atoms with E-state index < -0.39 is 17.4 Å². The molecule has 9 heteroatoms. The number of carboxylic acid groups (broad SMARTS) is 2. The zero-order chi connectivity index (χ0) is 40.6. The fourth-order valence-electron chi connectivity index (χ4n) is 8.88. The molecular weight excluding hydrogens is 734 g/mol. The van der Waals surface area contributed by atoms with Crippen LogP contribution in [0.3, 0.4) is 0 Å². The third-order valence-corrected chi connectivity index (χ3v) is 12.5. The topological polar surface area (TPSA) is 114 Å². The number of unbranched alkanes of at least 4 members (excludes halogenated alkanes) is 13. The summed E-state index contributed by atoms with van der Waals surface area (Å²) in [5, 5.41) is 32.7. The van der Waals surface area contributed by atoms with Gasteiger partial charge in [-0.05, 0) is 60.4 Å². The van der Waals surface area contributed by atoms with Crippen molar-refractivity contribution in [1.29, 1.82) is 5.26 Å². The number of anilines is 1. The molecule has 0 bridgehead atoms. The Hall–Kier alpha value is -4.35. The molecule has 2 aromatic carbocycles. The number of rotatable bonds is 24. The monoisotopic (exact) mass is 796 g/mol. The first-order chi connectivity index (χ1) is 27.7. The number of benzene rings is 2. The number of ether oxygens (including phenoxy) is 1. The lowest BCUT2D eigenvalue weighted by Gasteiger charge is -2.31. The van der Waals surface area contributed by atoms with Crippen LogP contribution in [-0.4, -0.2) is 58.9 Å². The Balaban J connectivity index is 1.38. The van der Waals surface area contributed by atoms with Crippen molar-refractivity contribution in [3.63, 3.8) is 0 Å². The van der Waals surface area contributed by atoms with Gasteiger partial charge in [0.1, 0.15) is 12.5 Å². The number of aliphatic carboxylic acids is 2. The van der Waals surface area contributed by atoms with E-state index in [0.29, 0.717) is 49.0 Å². The smallest absolute Gasteiger partial charge is 0.362 e. The zero-order valence-corrected chi connectivity index (χ0v) is 35.1. The average Bonchev–Trinajstić information content (AvgIpc) is 3.88. The summed E-state index contributed by atoms with van der Waals surface area (Å²) in [6.45, 7) is 6.28. The first kappa shape index (κ1) is 43.8. The average molecular weight is 798 g/mol. The van der Waals surface area contributed by atoms with Crippen molar-refractivity contribution in [2.24, 2.45) is 0 Å². The Labute approximate surface area is 345 Å². The quantitative estimate of drug-likeness (QED) is 0.0617. The Kier molecular flexibility index (Phi) is 16.9. The largest absolute Gasteiger partial charge is 0.481 e. The van der Waals surface area contributed by atoms with Crippen molar-refractivity contribution in [3.8, 4) is 6.07 Å². The van der Waals surface area contributed by atoms with Gasteiger partial charge in [0.25, 0.3) is 0 Å². The standard InChI is InChI=1S/C48H62ClN3O5/c1-3-4-5-6-7-8-9-10-11-12-13-14-15-18-29-48(2)41-25-23-36-19-16-17-20-40(36)46(41)52(31-28-44(55)56)47(48)39(35-50)34-38-22-21-37(45(38)49)24-26-42-51(32-33-57-42)30-27-43(53)54/h16-17,19-20,23-26,34H,3-15,18,21-22,27-33H2,1-2H3,(H-,53,54,55,56)/p+1. The molecule has 0 saturated carbocycles. The number of carbonyl (C=O) groups is 2. The van der Waals surface area contributed by atoms with E-state index in [4.69, 9.17) is 21.4 Å². The third kappa shape index (κ3) is 11.6. The lowest BCUT2D eigenvalue weighted by Crippen LogP contribution is -2.31. The van der Waals surface area contributed by atoms with Crippen LogP contribution in [0.25, 0.3) is 10.8 Å². The predicted molar refractivity (Wildman–Crippen MR) is 231 cm³/mol. The second-order valence-electron chi connectivity index (χ2n) is 16.2. The second kappa shape index (κ2) is 22.0. The minimum atomic E-state index is -0.877. The zero-order valence-electron chi connectivity index (χ0n) is 34.3. The minimum Gasteiger partial charge on any atom is -0.481 e. The van der Waals surface area contributed by atoms with Crippen molar-refractivity contribution in [2.45, 2.75) is 141 Å². The number of nitrogens with zero attached hydrogens (tertiary/aromatic N) is 3. The van der Waals surface area contributed by atoms with Crippen LogP contribution in [0.15, 0.2) is 82.1 Å². The van der Waals surface area contributed by atoms with Gasteiger partial charge in [-0.15, -0.1) is 0 Å². The summed E-state index contributed by atoms with van der Waals surface area (Å²) in [6.07, 6.45) is 25.9. The summed E-state index contributed by atoms with van der Waals surface area (Å²) >= 11 is 7.05. The number of hydrogen-bond donors (Lipinski definition) is 2. The first-order valence-electron chi connectivity index (χ1n) is 21.6. The van der Waals surface area contributed by atoms with E-state index >= 15 is 0 Å². The molecule has 0 amide bonds. The summed E-state index contributed by atoms with van der Waals surface area (Å²) < 4.78 is 7.71. The Morgan fingerprint density at radius 1 is 0.895 bits per heavy atom. The molecule has 8 nitrogen and oxygen atoms in total. The van der Waals surface area contributed by atoms with Gasteiger partial charge in [-0.3, -0.25) is 9.59 Å². The number of allylic oxidation sites excluding steroid dienone is 7. The lowest BCUT2D eigenvalue weighted by molar-refractivity contribution is -0.516. The summed E-state index contributed by atoms with van der Waals surface area (Å²) in [4.78, 5) is 25.3. The molecule has 3 aliphatic rings. The molecule has 2 heterocycles. The summed E-state index contributed by atoms with van der Waals surface area (Å²) in [7, 11) is 0. The van der Waals surface area contributed by atoms with E-state index in [-0.39, 0.29) is 19.4 Å². The molecular formula is C48H63ClN3O5+. The van der Waals surface area contributed by atoms with Crippen LogP contribution >= 0.6 is 11.6 Å². The number of carboxylic acids is 2. The van der Waals surface area contributed by atoms with Crippen LogP contribution in [0, 0.1) is 11.3 Å². The predicted octanol–water partition coefficient (Wildman–Crippen LogP) is 11.7. The maximum atomic E-state index is 12.1. The van der Waals surface area contributed by atoms with Crippen molar-refractivity contribution in [3.05, 3.63) is 87.6 Å². The normalized spacial score (nSPS) is 19.6. The molecule has 2 aromatic rings. The Morgan fingerprint density at radius 2 is 1.54 bits per heavy atom. The summed E-state index contributed by atoms with van der Waals surface area (Å²) in [6, 6.07) is 15.1. The molecule has 0 fully saturated rings. The lowest BCUT2D eigenvalue weighted by atomic mass is 9.75. The summed E-state index contributed by atoms with van der Waals surface area (Å²) in [5.41, 5.74) is 4.81. The van der Waals surface area contributed by atoms with Crippen LogP contribution in [0.2, 0.25) is 0 Å². The first-order valence-corrected chi connectivity index (χ1v) is 22.0. The number of hydrogen-bond acceptors (Lipinski definition) is 5. The maximum absolute atomic E-state index is 12.1. The van der Waals surface area contributed by atoms with Crippen LogP contribution in [-0.2, 0) is 19.7 Å². The van der Waals surface area contributed by atoms with Gasteiger partial charge in [0, 0.05) is 28.1 Å². The molecule has 2 N–H and O–H groups in total. The second-order valence-corrected chi connectivity index (χ2v) is 16.6. The molecule has 0 spiro atoms. The molecule has 2 aliphatic heterocycles. The molecule has 0 radical (unpaired) electrons. The van der Waals surface area contributed by atoms with Crippen molar-refractivity contribution < 1.29 is 29.1 Å². The van der Waals surface area contributed by atoms with Gasteiger partial charge >= 0.3 is 17.8 Å². The van der Waals surface area contributed by atoms with E-state index in [0.717, 1.165) is 58.1 Å². The summed E-state index contributed by atoms with van der Waals surface area (Å²) in [5.74, 6) is -1.09. The van der Waals surface area contributed by atoms with Gasteiger partial charge in [0.2, 0.25) is 0 Å². The van der Waals surface area contributed by atoms with Gasteiger partial charge in [-0.2, -0.15) is 9.84 Å². The molecule has 1 aliphatic carbocycles. The highest BCUT2D eigenvalue weighted by molar-refractivity contribution is 6.33. The van der Waals surface area contributed by atoms with Crippen molar-refractivity contribution in [2.75, 3.05) is 31.1 Å². The SMILES string of the molecule is CCCCCCCCCCCCCCCCC1(C)C(=C(C#N)/C=C2\CCC(/C=C/C3=[N+](CCC(=O)O)CCO3)=C2Cl)N(CCC(=O)O)c2c1ccc1ccccc21. The number of halogens is 1. The molecule has 0 aromatic heterocycles. The highest BCUT2D eigenvalue weighted by Gasteiger charge is 2.45. The van der Waals surface area contributed by atoms with Gasteiger partial charge in [0.05, 0.1) is 23.8 Å². The maximum Gasteiger partial charge on any atom is 0.362 e. The highest BCUT2D eigenvalue weighted by atomic mass is 35.5. The number of fused-ring (bicyclic) bond motifs is 3. The third-order valence-electron chi connectivity index (χ3n) is 12.0. The van der Waals surface area contributed by atoms with E-state index in [1.807, 2.05) is 34.9 Å². The highest BCUT2D eigenvalue weighted by Crippen LogP contribution is 2.54. The molecule has 57 heavy (non-hydrogen) atoms. The molecule has 5 rings (SSSR count). The Morgan fingerprint density at radius 3 is 2.19 bits per heavy atom.